The zero-order valence-corrected chi connectivity index (χ0v) is 12.4. The molecule has 110 valence electrons. The third-order valence-electron chi connectivity index (χ3n) is 5.11. The van der Waals surface area contributed by atoms with Crippen LogP contribution in [0.5, 0.6) is 0 Å². The van der Waals surface area contributed by atoms with Gasteiger partial charge in [0.05, 0.1) is 5.52 Å². The van der Waals surface area contributed by atoms with E-state index in [1.165, 1.54) is 25.7 Å². The summed E-state index contributed by atoms with van der Waals surface area (Å²) in [4.78, 5) is 7.11. The van der Waals surface area contributed by atoms with Gasteiger partial charge in [0.1, 0.15) is 5.52 Å². The number of rotatable bonds is 3. The summed E-state index contributed by atoms with van der Waals surface area (Å²) in [6.45, 7) is 0.959. The van der Waals surface area contributed by atoms with Crippen molar-refractivity contribution in [2.75, 3.05) is 18.9 Å². The van der Waals surface area contributed by atoms with Crippen LogP contribution in [0.25, 0.3) is 11.0 Å². The highest BCUT2D eigenvalue weighted by Gasteiger charge is 2.38. The van der Waals surface area contributed by atoms with Crippen molar-refractivity contribution in [3.63, 3.8) is 0 Å². The molecule has 2 saturated heterocycles. The van der Waals surface area contributed by atoms with Gasteiger partial charge in [0.25, 0.3) is 0 Å². The van der Waals surface area contributed by atoms with Crippen molar-refractivity contribution in [2.24, 2.45) is 5.92 Å². The lowest BCUT2D eigenvalue weighted by Gasteiger charge is -2.36. The molecule has 1 aromatic heterocycles. The van der Waals surface area contributed by atoms with Crippen LogP contribution >= 0.6 is 0 Å². The van der Waals surface area contributed by atoms with Gasteiger partial charge >= 0.3 is 0 Å². The second kappa shape index (κ2) is 5.22. The molecule has 0 aliphatic carbocycles. The van der Waals surface area contributed by atoms with Crippen LogP contribution in [-0.4, -0.2) is 45.8 Å². The van der Waals surface area contributed by atoms with Crippen molar-refractivity contribution < 1.29 is 0 Å². The largest absolute Gasteiger partial charge is 0.353 e. The molecular formula is C16H21N5. The summed E-state index contributed by atoms with van der Waals surface area (Å²) in [5.74, 6) is 1.38. The van der Waals surface area contributed by atoms with Crippen LogP contribution in [0.15, 0.2) is 24.3 Å². The zero-order chi connectivity index (χ0) is 14.2. The van der Waals surface area contributed by atoms with E-state index in [1.807, 2.05) is 24.3 Å². The van der Waals surface area contributed by atoms with Crippen molar-refractivity contribution in [3.8, 4) is 0 Å². The van der Waals surface area contributed by atoms with Gasteiger partial charge in [0, 0.05) is 18.6 Å². The molecule has 2 aliphatic heterocycles. The number of aromatic nitrogens is 3. The molecule has 0 saturated carbocycles. The van der Waals surface area contributed by atoms with E-state index in [9.17, 15) is 0 Å². The van der Waals surface area contributed by atoms with Crippen molar-refractivity contribution in [1.82, 2.24) is 20.1 Å². The molecule has 2 bridgehead atoms. The summed E-state index contributed by atoms with van der Waals surface area (Å²) in [5, 5.41) is 11.8. The molecule has 2 fully saturated rings. The summed E-state index contributed by atoms with van der Waals surface area (Å²) < 4.78 is 0. The number of hydrogen-bond donors (Lipinski definition) is 1. The quantitative estimate of drug-likeness (QED) is 0.937. The molecule has 21 heavy (non-hydrogen) atoms. The summed E-state index contributed by atoms with van der Waals surface area (Å²) in [6, 6.07) is 9.42. The first-order valence-corrected chi connectivity index (χ1v) is 7.85. The molecule has 2 unspecified atom stereocenters. The molecule has 1 aromatic carbocycles. The maximum Gasteiger partial charge on any atom is 0.243 e. The van der Waals surface area contributed by atoms with E-state index >= 15 is 0 Å². The minimum absolute atomic E-state index is 0.653. The minimum Gasteiger partial charge on any atom is -0.353 e. The van der Waals surface area contributed by atoms with Gasteiger partial charge in [-0.3, -0.25) is 0 Å². The first-order valence-electron chi connectivity index (χ1n) is 7.85. The highest BCUT2D eigenvalue weighted by molar-refractivity contribution is 5.73. The Hall–Kier alpha value is -1.75. The van der Waals surface area contributed by atoms with Gasteiger partial charge in [-0.2, -0.15) is 0 Å². The van der Waals surface area contributed by atoms with Gasteiger partial charge in [0.2, 0.25) is 5.95 Å². The normalized spacial score (nSPS) is 28.9. The maximum absolute atomic E-state index is 4.53. The lowest BCUT2D eigenvalue weighted by molar-refractivity contribution is 0.139. The molecule has 3 heterocycles. The van der Waals surface area contributed by atoms with Gasteiger partial charge in [-0.15, -0.1) is 10.2 Å². The number of anilines is 1. The minimum atomic E-state index is 0.653. The molecule has 0 amide bonds. The predicted molar refractivity (Wildman–Crippen MR) is 83.1 cm³/mol. The number of piperidine rings is 1. The number of benzene rings is 1. The second-order valence-electron chi connectivity index (χ2n) is 6.39. The third kappa shape index (κ3) is 2.46. The van der Waals surface area contributed by atoms with Crippen molar-refractivity contribution in [3.05, 3.63) is 24.3 Å². The monoisotopic (exact) mass is 283 g/mol. The molecule has 0 radical (unpaired) electrons. The van der Waals surface area contributed by atoms with Crippen molar-refractivity contribution in [1.29, 1.82) is 0 Å². The first kappa shape index (κ1) is 13.0. The van der Waals surface area contributed by atoms with Crippen molar-refractivity contribution in [2.45, 2.75) is 37.8 Å². The molecule has 2 atom stereocenters. The van der Waals surface area contributed by atoms with Crippen molar-refractivity contribution >= 4 is 17.0 Å². The number of hydrogen-bond acceptors (Lipinski definition) is 5. The van der Waals surface area contributed by atoms with E-state index in [-0.39, 0.29) is 0 Å². The lowest BCUT2D eigenvalue weighted by Crippen LogP contribution is -2.41. The Bertz CT molecular complexity index is 629. The Morgan fingerprint density at radius 2 is 1.81 bits per heavy atom. The van der Waals surface area contributed by atoms with E-state index < -0.39 is 0 Å². The second-order valence-corrected chi connectivity index (χ2v) is 6.39. The van der Waals surface area contributed by atoms with Crippen LogP contribution < -0.4 is 5.32 Å². The maximum atomic E-state index is 4.53. The fraction of sp³-hybridized carbons (Fsp3) is 0.562. The Labute approximate surface area is 124 Å². The highest BCUT2D eigenvalue weighted by Crippen LogP contribution is 2.37. The van der Waals surface area contributed by atoms with E-state index in [1.54, 1.807) is 0 Å². The van der Waals surface area contributed by atoms with Gasteiger partial charge < -0.3 is 10.2 Å². The standard InChI is InChI=1S/C16H21N5/c1-21-12-6-7-13(21)9-11(8-12)10-17-16-18-14-4-2-3-5-15(14)19-20-16/h2-5,11-13H,6-10H2,1H3,(H,17,18,20). The predicted octanol–water partition coefficient (Wildman–Crippen LogP) is 2.31. The average molecular weight is 283 g/mol. The Kier molecular flexibility index (Phi) is 3.22. The highest BCUT2D eigenvalue weighted by atomic mass is 15.2. The number of nitrogens with one attached hydrogen (secondary N) is 1. The Morgan fingerprint density at radius 1 is 1.10 bits per heavy atom. The van der Waals surface area contributed by atoms with Gasteiger partial charge in [-0.05, 0) is 50.8 Å². The topological polar surface area (TPSA) is 53.9 Å². The van der Waals surface area contributed by atoms with E-state index in [2.05, 4.69) is 32.4 Å². The summed E-state index contributed by atoms with van der Waals surface area (Å²) in [5.41, 5.74) is 1.75. The van der Waals surface area contributed by atoms with Gasteiger partial charge in [-0.25, -0.2) is 4.98 Å². The van der Waals surface area contributed by atoms with E-state index in [0.29, 0.717) is 5.95 Å². The Morgan fingerprint density at radius 3 is 2.57 bits per heavy atom. The van der Waals surface area contributed by atoms with E-state index in [4.69, 9.17) is 0 Å². The number of nitrogens with zero attached hydrogens (tertiary/aromatic N) is 4. The summed E-state index contributed by atoms with van der Waals surface area (Å²) >= 11 is 0. The van der Waals surface area contributed by atoms with Crippen LogP contribution in [0.2, 0.25) is 0 Å². The molecule has 5 heteroatoms. The first-order chi connectivity index (χ1) is 10.3. The zero-order valence-electron chi connectivity index (χ0n) is 12.4. The van der Waals surface area contributed by atoms with Crippen LogP contribution in [0.3, 0.4) is 0 Å². The SMILES string of the molecule is CN1C2CCC1CC(CNc1nnc3ccccc3n1)C2. The molecule has 2 aliphatic rings. The Balaban J connectivity index is 1.42. The molecule has 5 nitrogen and oxygen atoms in total. The molecule has 1 N–H and O–H groups in total. The molecule has 0 spiro atoms. The summed E-state index contributed by atoms with van der Waals surface area (Å²) in [7, 11) is 2.28. The van der Waals surface area contributed by atoms with Crippen LogP contribution in [0.4, 0.5) is 5.95 Å². The fourth-order valence-corrected chi connectivity index (χ4v) is 3.88. The molecular weight excluding hydrogens is 262 g/mol. The number of fused-ring (bicyclic) bond motifs is 3. The third-order valence-corrected chi connectivity index (χ3v) is 5.11. The van der Waals surface area contributed by atoms with Gasteiger partial charge in [-0.1, -0.05) is 12.1 Å². The molecule has 2 aromatic rings. The van der Waals surface area contributed by atoms with Gasteiger partial charge in [0.15, 0.2) is 0 Å². The van der Waals surface area contributed by atoms with E-state index in [0.717, 1.165) is 35.6 Å². The average Bonchev–Trinajstić information content (AvgIpc) is 2.75. The number of para-hydroxylation sites is 1. The fourth-order valence-electron chi connectivity index (χ4n) is 3.88. The van der Waals surface area contributed by atoms with Crippen LogP contribution in [0, 0.1) is 5.92 Å². The molecule has 4 rings (SSSR count). The van der Waals surface area contributed by atoms with Crippen LogP contribution in [-0.2, 0) is 0 Å². The summed E-state index contributed by atoms with van der Waals surface area (Å²) in [6.07, 6.45) is 5.32. The van der Waals surface area contributed by atoms with Crippen LogP contribution in [0.1, 0.15) is 25.7 Å². The smallest absolute Gasteiger partial charge is 0.243 e. The lowest BCUT2D eigenvalue weighted by atomic mass is 9.91.